The summed E-state index contributed by atoms with van der Waals surface area (Å²) in [6.45, 7) is 3.71. The van der Waals surface area contributed by atoms with Crippen LogP contribution in [0.2, 0.25) is 0 Å². The molecule has 0 spiro atoms. The molecule has 0 radical (unpaired) electrons. The lowest BCUT2D eigenvalue weighted by Gasteiger charge is -2.09. The van der Waals surface area contributed by atoms with Gasteiger partial charge in [-0.3, -0.25) is 4.98 Å². The van der Waals surface area contributed by atoms with Crippen molar-refractivity contribution >= 4 is 11.4 Å². The first-order chi connectivity index (χ1) is 9.28. The van der Waals surface area contributed by atoms with Crippen molar-refractivity contribution in [3.05, 3.63) is 54.1 Å². The molecule has 0 aliphatic rings. The van der Waals surface area contributed by atoms with Gasteiger partial charge in [-0.05, 0) is 30.2 Å². The van der Waals surface area contributed by atoms with Gasteiger partial charge in [0.05, 0.1) is 23.8 Å². The molecule has 0 fully saturated rings. The van der Waals surface area contributed by atoms with E-state index in [0.29, 0.717) is 6.54 Å². The number of rotatable bonds is 6. The zero-order chi connectivity index (χ0) is 13.5. The highest BCUT2D eigenvalue weighted by atomic mass is 19.1. The lowest BCUT2D eigenvalue weighted by atomic mass is 10.2. The fraction of sp³-hybridized carbons (Fsp3) is 0.267. The number of hydrogen-bond donors (Lipinski definition) is 2. The van der Waals surface area contributed by atoms with E-state index in [1.807, 2.05) is 6.07 Å². The zero-order valence-corrected chi connectivity index (χ0v) is 11.0. The average molecular weight is 259 g/mol. The Morgan fingerprint density at radius 3 is 2.42 bits per heavy atom. The van der Waals surface area contributed by atoms with Gasteiger partial charge >= 0.3 is 0 Å². The van der Waals surface area contributed by atoms with Crippen LogP contribution in [0.1, 0.15) is 18.9 Å². The van der Waals surface area contributed by atoms with Crippen LogP contribution in [0, 0.1) is 5.82 Å². The van der Waals surface area contributed by atoms with E-state index in [4.69, 9.17) is 0 Å². The maximum absolute atomic E-state index is 12.8. The largest absolute Gasteiger partial charge is 0.384 e. The summed E-state index contributed by atoms with van der Waals surface area (Å²) in [7, 11) is 0. The number of halogens is 1. The van der Waals surface area contributed by atoms with Gasteiger partial charge in [0.2, 0.25) is 0 Å². The molecule has 19 heavy (non-hydrogen) atoms. The van der Waals surface area contributed by atoms with Crippen LogP contribution in [-0.4, -0.2) is 11.5 Å². The van der Waals surface area contributed by atoms with Crippen molar-refractivity contribution in [3.63, 3.8) is 0 Å². The third-order valence-corrected chi connectivity index (χ3v) is 2.73. The minimum Gasteiger partial charge on any atom is -0.384 e. The quantitative estimate of drug-likeness (QED) is 0.831. The maximum Gasteiger partial charge on any atom is 0.123 e. The van der Waals surface area contributed by atoms with Crippen molar-refractivity contribution in [2.45, 2.75) is 19.9 Å². The fourth-order valence-corrected chi connectivity index (χ4v) is 1.71. The summed E-state index contributed by atoms with van der Waals surface area (Å²) in [6.07, 6.45) is 4.66. The van der Waals surface area contributed by atoms with Crippen LogP contribution in [0.15, 0.2) is 42.7 Å². The predicted octanol–water partition coefficient (Wildman–Crippen LogP) is 3.65. The van der Waals surface area contributed by atoms with Crippen molar-refractivity contribution in [2.75, 3.05) is 17.2 Å². The molecule has 0 aliphatic carbocycles. The van der Waals surface area contributed by atoms with Crippen LogP contribution in [0.4, 0.5) is 15.8 Å². The van der Waals surface area contributed by atoms with E-state index >= 15 is 0 Å². The first-order valence-electron chi connectivity index (χ1n) is 6.45. The van der Waals surface area contributed by atoms with Crippen molar-refractivity contribution in [1.29, 1.82) is 0 Å². The third kappa shape index (κ3) is 4.25. The van der Waals surface area contributed by atoms with E-state index in [0.717, 1.165) is 29.9 Å². The molecule has 2 aromatic rings. The Labute approximate surface area is 112 Å². The number of aromatic nitrogens is 1. The predicted molar refractivity (Wildman–Crippen MR) is 76.7 cm³/mol. The normalized spacial score (nSPS) is 10.2. The number of hydrogen-bond acceptors (Lipinski definition) is 3. The van der Waals surface area contributed by atoms with Crippen molar-refractivity contribution in [2.24, 2.45) is 0 Å². The topological polar surface area (TPSA) is 37.0 Å². The minimum atomic E-state index is -0.212. The van der Waals surface area contributed by atoms with Crippen LogP contribution < -0.4 is 10.6 Å². The number of anilines is 2. The lowest BCUT2D eigenvalue weighted by Crippen LogP contribution is -2.03. The maximum atomic E-state index is 12.8. The molecule has 0 saturated carbocycles. The number of nitrogens with zero attached hydrogens (tertiary/aromatic N) is 1. The van der Waals surface area contributed by atoms with E-state index < -0.39 is 0 Å². The molecule has 1 heterocycles. The third-order valence-electron chi connectivity index (χ3n) is 2.73. The van der Waals surface area contributed by atoms with Crippen molar-refractivity contribution in [1.82, 2.24) is 4.98 Å². The number of nitrogens with one attached hydrogen (secondary N) is 2. The molecule has 2 rings (SSSR count). The monoisotopic (exact) mass is 259 g/mol. The van der Waals surface area contributed by atoms with Crippen LogP contribution in [0.25, 0.3) is 0 Å². The highest BCUT2D eigenvalue weighted by molar-refractivity contribution is 5.54. The van der Waals surface area contributed by atoms with Gasteiger partial charge in [-0.1, -0.05) is 19.1 Å². The van der Waals surface area contributed by atoms with E-state index in [-0.39, 0.29) is 5.82 Å². The Morgan fingerprint density at radius 1 is 1.05 bits per heavy atom. The molecular weight excluding hydrogens is 241 g/mol. The summed E-state index contributed by atoms with van der Waals surface area (Å²) in [6, 6.07) is 8.50. The second-order valence-corrected chi connectivity index (χ2v) is 4.37. The minimum absolute atomic E-state index is 0.212. The van der Waals surface area contributed by atoms with Gasteiger partial charge in [0.1, 0.15) is 5.82 Å². The standard InChI is InChI=1S/C15H18FN3/c1-2-7-18-14-8-15(11-17-10-14)19-9-12-3-5-13(16)6-4-12/h3-6,8,10-11,18-19H,2,7,9H2,1H3. The van der Waals surface area contributed by atoms with Gasteiger partial charge in [0.25, 0.3) is 0 Å². The van der Waals surface area contributed by atoms with Gasteiger partial charge in [0, 0.05) is 13.1 Å². The Bertz CT molecular complexity index is 511. The smallest absolute Gasteiger partial charge is 0.123 e. The van der Waals surface area contributed by atoms with E-state index in [9.17, 15) is 4.39 Å². The molecule has 0 amide bonds. The highest BCUT2D eigenvalue weighted by Crippen LogP contribution is 2.14. The number of benzene rings is 1. The summed E-state index contributed by atoms with van der Waals surface area (Å²) in [5.41, 5.74) is 2.99. The molecule has 4 heteroatoms. The van der Waals surface area contributed by atoms with Gasteiger partial charge in [0.15, 0.2) is 0 Å². The molecule has 1 aromatic heterocycles. The molecule has 0 saturated heterocycles. The molecule has 0 atom stereocenters. The highest BCUT2D eigenvalue weighted by Gasteiger charge is 1.97. The fourth-order valence-electron chi connectivity index (χ4n) is 1.71. The Morgan fingerprint density at radius 2 is 1.74 bits per heavy atom. The summed E-state index contributed by atoms with van der Waals surface area (Å²) < 4.78 is 12.8. The Hall–Kier alpha value is -2.10. The van der Waals surface area contributed by atoms with Crippen LogP contribution in [0.3, 0.4) is 0 Å². The molecule has 3 nitrogen and oxygen atoms in total. The molecule has 100 valence electrons. The molecule has 1 aromatic carbocycles. The summed E-state index contributed by atoms with van der Waals surface area (Å²) in [4.78, 5) is 4.18. The van der Waals surface area contributed by atoms with Gasteiger partial charge in [-0.15, -0.1) is 0 Å². The molecule has 0 aliphatic heterocycles. The van der Waals surface area contributed by atoms with Crippen LogP contribution in [0.5, 0.6) is 0 Å². The SMILES string of the molecule is CCCNc1cncc(NCc2ccc(F)cc2)c1. The lowest BCUT2D eigenvalue weighted by molar-refractivity contribution is 0.627. The first kappa shape index (κ1) is 13.3. The van der Waals surface area contributed by atoms with Gasteiger partial charge in [-0.25, -0.2) is 4.39 Å². The molecular formula is C15H18FN3. The molecule has 0 bridgehead atoms. The van der Waals surface area contributed by atoms with Gasteiger partial charge in [-0.2, -0.15) is 0 Å². The van der Waals surface area contributed by atoms with Gasteiger partial charge < -0.3 is 10.6 Å². The van der Waals surface area contributed by atoms with E-state index in [1.165, 1.54) is 12.1 Å². The van der Waals surface area contributed by atoms with E-state index in [2.05, 4.69) is 22.5 Å². The molecule has 0 unspecified atom stereocenters. The average Bonchev–Trinajstić information content (AvgIpc) is 2.45. The number of pyridine rings is 1. The van der Waals surface area contributed by atoms with Crippen molar-refractivity contribution in [3.8, 4) is 0 Å². The summed E-state index contributed by atoms with van der Waals surface area (Å²) >= 11 is 0. The Balaban J connectivity index is 1.93. The zero-order valence-electron chi connectivity index (χ0n) is 11.0. The van der Waals surface area contributed by atoms with Crippen LogP contribution in [-0.2, 0) is 6.54 Å². The summed E-state index contributed by atoms with van der Waals surface area (Å²) in [5, 5.41) is 6.56. The first-order valence-corrected chi connectivity index (χ1v) is 6.45. The Kier molecular flexibility index (Phi) is 4.72. The van der Waals surface area contributed by atoms with Crippen molar-refractivity contribution < 1.29 is 4.39 Å². The van der Waals surface area contributed by atoms with Crippen LogP contribution >= 0.6 is 0 Å². The molecule has 2 N–H and O–H groups in total. The second kappa shape index (κ2) is 6.73. The summed E-state index contributed by atoms with van der Waals surface area (Å²) in [5.74, 6) is -0.212. The second-order valence-electron chi connectivity index (χ2n) is 4.37. The van der Waals surface area contributed by atoms with E-state index in [1.54, 1.807) is 24.5 Å².